The number of aromatic nitrogens is 1. The van der Waals surface area contributed by atoms with Crippen LogP contribution in [0.2, 0.25) is 0 Å². The average molecular weight is 288 g/mol. The van der Waals surface area contributed by atoms with Crippen molar-refractivity contribution in [3.05, 3.63) is 35.5 Å². The van der Waals surface area contributed by atoms with Crippen LogP contribution in [0.5, 0.6) is 5.75 Å². The van der Waals surface area contributed by atoms with Crippen LogP contribution in [-0.4, -0.2) is 29.8 Å². The van der Waals surface area contributed by atoms with E-state index < -0.39 is 18.2 Å². The van der Waals surface area contributed by atoms with Crippen molar-refractivity contribution < 1.29 is 19.4 Å². The average Bonchev–Trinajstić information content (AvgIpc) is 2.81. The molecule has 2 aromatic rings. The Morgan fingerprint density at radius 2 is 2.24 bits per heavy atom. The van der Waals surface area contributed by atoms with E-state index in [4.69, 9.17) is 9.47 Å². The van der Waals surface area contributed by atoms with Crippen molar-refractivity contribution >= 4 is 16.9 Å². The van der Waals surface area contributed by atoms with Crippen molar-refractivity contribution in [2.45, 2.75) is 19.2 Å². The number of carbonyl (C=O) groups excluding carboxylic acids is 1. The van der Waals surface area contributed by atoms with E-state index in [0.29, 0.717) is 17.0 Å². The molecule has 6 heteroatoms. The summed E-state index contributed by atoms with van der Waals surface area (Å²) in [5.41, 5.74) is 1.84. The van der Waals surface area contributed by atoms with Gasteiger partial charge >= 0.3 is 5.97 Å². The molecule has 1 aromatic carbocycles. The number of rotatable bonds is 3. The minimum atomic E-state index is -0.933. The Morgan fingerprint density at radius 1 is 1.43 bits per heavy atom. The summed E-state index contributed by atoms with van der Waals surface area (Å²) in [6, 6.07) is 6.55. The number of pyridine rings is 1. The third kappa shape index (κ3) is 2.32. The second-order valence-corrected chi connectivity index (χ2v) is 4.78. The first kappa shape index (κ1) is 13.8. The fourth-order valence-electron chi connectivity index (χ4n) is 2.49. The summed E-state index contributed by atoms with van der Waals surface area (Å²) in [7, 11) is 1.59. The minimum absolute atomic E-state index is 0.285. The van der Waals surface area contributed by atoms with Crippen LogP contribution in [0, 0.1) is 0 Å². The van der Waals surface area contributed by atoms with Gasteiger partial charge in [0.05, 0.1) is 24.9 Å². The fraction of sp³-hybridized carbons (Fsp3) is 0.333. The van der Waals surface area contributed by atoms with Crippen LogP contribution >= 0.6 is 0 Å². The maximum atomic E-state index is 11.9. The number of ether oxygens (including phenoxy) is 2. The molecule has 110 valence electrons. The summed E-state index contributed by atoms with van der Waals surface area (Å²) in [6.07, 6.45) is -0.933. The van der Waals surface area contributed by atoms with E-state index >= 15 is 0 Å². The maximum absolute atomic E-state index is 11.9. The molecule has 0 bridgehead atoms. The highest BCUT2D eigenvalue weighted by atomic mass is 16.5. The number of hydrogen-bond donors (Lipinski definition) is 2. The molecular formula is C15H16N2O4. The lowest BCUT2D eigenvalue weighted by Gasteiger charge is -2.10. The molecule has 1 aliphatic heterocycles. The number of benzene rings is 1. The lowest BCUT2D eigenvalue weighted by Crippen LogP contribution is -2.26. The predicted octanol–water partition coefficient (Wildman–Crippen LogP) is 1.44. The van der Waals surface area contributed by atoms with Gasteiger partial charge in [-0.1, -0.05) is 0 Å². The Kier molecular flexibility index (Phi) is 3.48. The molecule has 2 atom stereocenters. The molecule has 2 N–H and O–H groups in total. The fourth-order valence-corrected chi connectivity index (χ4v) is 2.49. The van der Waals surface area contributed by atoms with Gasteiger partial charge in [0.15, 0.2) is 6.04 Å². The topological polar surface area (TPSA) is 80.7 Å². The van der Waals surface area contributed by atoms with Crippen molar-refractivity contribution in [1.29, 1.82) is 0 Å². The molecule has 1 aliphatic rings. The number of hydrogen-bond acceptors (Lipinski definition) is 6. The Bertz CT molecular complexity index is 701. The van der Waals surface area contributed by atoms with Crippen LogP contribution in [0.3, 0.4) is 0 Å². The predicted molar refractivity (Wildman–Crippen MR) is 75.8 cm³/mol. The Labute approximate surface area is 121 Å². The van der Waals surface area contributed by atoms with Gasteiger partial charge in [0.2, 0.25) is 0 Å². The van der Waals surface area contributed by atoms with E-state index in [2.05, 4.69) is 10.3 Å². The highest BCUT2D eigenvalue weighted by molar-refractivity contribution is 5.84. The number of aliphatic hydroxyl groups excluding tert-OH is 1. The highest BCUT2D eigenvalue weighted by Crippen LogP contribution is 2.34. The second-order valence-electron chi connectivity index (χ2n) is 4.78. The van der Waals surface area contributed by atoms with Crippen LogP contribution in [0.1, 0.15) is 30.5 Å². The van der Waals surface area contributed by atoms with Gasteiger partial charge < -0.3 is 14.6 Å². The highest BCUT2D eigenvalue weighted by Gasteiger charge is 2.36. The molecule has 0 aliphatic carbocycles. The van der Waals surface area contributed by atoms with Gasteiger partial charge in [-0.25, -0.2) is 4.79 Å². The molecule has 0 saturated carbocycles. The molecule has 2 heterocycles. The summed E-state index contributed by atoms with van der Waals surface area (Å²) in [5.74, 6) is 0.280. The molecular weight excluding hydrogens is 272 g/mol. The summed E-state index contributed by atoms with van der Waals surface area (Å²) < 4.78 is 10.2. The molecule has 0 radical (unpaired) electrons. The Morgan fingerprint density at radius 3 is 2.95 bits per heavy atom. The first-order valence-electron chi connectivity index (χ1n) is 6.73. The number of fused-ring (bicyclic) bond motifs is 2. The molecule has 0 unspecified atom stereocenters. The third-order valence-corrected chi connectivity index (χ3v) is 3.50. The van der Waals surface area contributed by atoms with Crippen LogP contribution < -0.4 is 10.1 Å². The number of esters is 1. The van der Waals surface area contributed by atoms with E-state index in [1.165, 1.54) is 0 Å². The largest absolute Gasteiger partial charge is 0.497 e. The molecule has 21 heavy (non-hydrogen) atoms. The number of carbonyl (C=O) groups is 1. The Hall–Kier alpha value is -2.18. The van der Waals surface area contributed by atoms with E-state index in [0.717, 1.165) is 10.9 Å². The molecule has 0 amide bonds. The van der Waals surface area contributed by atoms with Crippen LogP contribution in [0.4, 0.5) is 0 Å². The second kappa shape index (κ2) is 5.31. The lowest BCUT2D eigenvalue weighted by atomic mass is 10.1. The standard InChI is InChI=1S/C15H16N2O4/c1-3-21-15(19)13-12-10(14(18)17-13)7-8-6-9(20-2)4-5-11(8)16-12/h4-7,13-14,17-18H,3H2,1-2H3/t13-,14+/m1/s1. The molecule has 1 aromatic heterocycles. The number of methoxy groups -OCH3 is 1. The van der Waals surface area contributed by atoms with Gasteiger partial charge in [-0.15, -0.1) is 0 Å². The van der Waals surface area contributed by atoms with Gasteiger partial charge in [0, 0.05) is 10.9 Å². The minimum Gasteiger partial charge on any atom is -0.497 e. The first-order chi connectivity index (χ1) is 10.1. The van der Waals surface area contributed by atoms with Gasteiger partial charge in [-0.05, 0) is 31.2 Å². The lowest BCUT2D eigenvalue weighted by molar-refractivity contribution is -0.146. The number of aliphatic hydroxyl groups is 1. The van der Waals surface area contributed by atoms with Gasteiger partial charge in [-0.2, -0.15) is 0 Å². The van der Waals surface area contributed by atoms with Crippen molar-refractivity contribution in [3.8, 4) is 5.75 Å². The van der Waals surface area contributed by atoms with Crippen molar-refractivity contribution in [2.24, 2.45) is 0 Å². The van der Waals surface area contributed by atoms with Crippen LogP contribution in [0.25, 0.3) is 10.9 Å². The van der Waals surface area contributed by atoms with Gasteiger partial charge in [0.1, 0.15) is 12.0 Å². The SMILES string of the molecule is CCOC(=O)[C@@H]1N[C@@H](O)c2cc3cc(OC)ccc3nc21. The molecule has 0 fully saturated rings. The van der Waals surface area contributed by atoms with Crippen LogP contribution in [0.15, 0.2) is 24.3 Å². The first-order valence-corrected chi connectivity index (χ1v) is 6.73. The van der Waals surface area contributed by atoms with E-state index in [1.54, 1.807) is 20.1 Å². The Balaban J connectivity index is 2.09. The summed E-state index contributed by atoms with van der Waals surface area (Å²) in [4.78, 5) is 16.4. The van der Waals surface area contributed by atoms with Crippen molar-refractivity contribution in [1.82, 2.24) is 10.3 Å². The maximum Gasteiger partial charge on any atom is 0.329 e. The molecule has 0 spiro atoms. The van der Waals surface area contributed by atoms with E-state index in [-0.39, 0.29) is 6.61 Å². The number of nitrogens with one attached hydrogen (secondary N) is 1. The third-order valence-electron chi connectivity index (χ3n) is 3.50. The zero-order chi connectivity index (χ0) is 15.0. The van der Waals surface area contributed by atoms with E-state index in [9.17, 15) is 9.90 Å². The van der Waals surface area contributed by atoms with Crippen molar-refractivity contribution in [3.63, 3.8) is 0 Å². The molecule has 6 nitrogen and oxygen atoms in total. The smallest absolute Gasteiger partial charge is 0.329 e. The van der Waals surface area contributed by atoms with Crippen LogP contribution in [-0.2, 0) is 9.53 Å². The van der Waals surface area contributed by atoms with Gasteiger partial charge in [-0.3, -0.25) is 10.3 Å². The summed E-state index contributed by atoms with van der Waals surface area (Å²) in [6.45, 7) is 2.03. The quantitative estimate of drug-likeness (QED) is 0.832. The monoisotopic (exact) mass is 288 g/mol. The number of nitrogens with zero attached hydrogens (tertiary/aromatic N) is 1. The van der Waals surface area contributed by atoms with Gasteiger partial charge in [0.25, 0.3) is 0 Å². The zero-order valence-electron chi connectivity index (χ0n) is 11.8. The molecule has 3 rings (SSSR count). The van der Waals surface area contributed by atoms with Crippen molar-refractivity contribution in [2.75, 3.05) is 13.7 Å². The van der Waals surface area contributed by atoms with E-state index in [1.807, 2.05) is 18.2 Å². The zero-order valence-corrected chi connectivity index (χ0v) is 11.8. The normalized spacial score (nSPS) is 20.3. The summed E-state index contributed by atoms with van der Waals surface area (Å²) >= 11 is 0. The molecule has 0 saturated heterocycles. The summed E-state index contributed by atoms with van der Waals surface area (Å²) in [5, 5.41) is 13.7.